The summed E-state index contributed by atoms with van der Waals surface area (Å²) >= 11 is 0. The summed E-state index contributed by atoms with van der Waals surface area (Å²) in [6, 6.07) is 43.3. The van der Waals surface area contributed by atoms with Gasteiger partial charge in [0.05, 0.1) is 22.2 Å². The quantitative estimate of drug-likeness (QED) is 0.236. The molecule has 3 nitrogen and oxygen atoms in total. The predicted molar refractivity (Wildman–Crippen MR) is 154 cm³/mol. The van der Waals surface area contributed by atoms with Crippen molar-refractivity contribution in [1.29, 1.82) is 0 Å². The number of fused-ring (bicyclic) bond motifs is 9. The first kappa shape index (κ1) is 20.3. The molecule has 0 radical (unpaired) electrons. The fraction of sp³-hybridized carbons (Fsp3) is 0.0294. The van der Waals surface area contributed by atoms with E-state index in [0.717, 1.165) is 17.8 Å². The van der Waals surface area contributed by atoms with Crippen molar-refractivity contribution in [2.75, 3.05) is 0 Å². The molecule has 0 aliphatic rings. The normalized spacial score (nSPS) is 11.9. The van der Waals surface area contributed by atoms with Gasteiger partial charge in [0.25, 0.3) is 0 Å². The van der Waals surface area contributed by atoms with E-state index in [1.807, 2.05) is 0 Å². The Hall–Kier alpha value is -4.89. The van der Waals surface area contributed by atoms with Gasteiger partial charge in [-0.2, -0.15) is 0 Å². The van der Waals surface area contributed by atoms with Gasteiger partial charge in [0.15, 0.2) is 0 Å². The van der Waals surface area contributed by atoms with Gasteiger partial charge in [0, 0.05) is 39.8 Å². The number of benzene rings is 5. The molecule has 0 N–H and O–H groups in total. The van der Waals surface area contributed by atoms with E-state index in [9.17, 15) is 0 Å². The Morgan fingerprint density at radius 2 is 1.14 bits per heavy atom. The summed E-state index contributed by atoms with van der Waals surface area (Å²) < 4.78 is 4.62. The van der Waals surface area contributed by atoms with E-state index in [2.05, 4.69) is 136 Å². The number of nitrogens with zero attached hydrogens (tertiary/aromatic N) is 3. The third-order valence-corrected chi connectivity index (χ3v) is 7.51. The van der Waals surface area contributed by atoms with Crippen LogP contribution in [-0.2, 0) is 6.42 Å². The summed E-state index contributed by atoms with van der Waals surface area (Å²) in [5.74, 6) is 0. The minimum absolute atomic E-state index is 0.783. The molecule has 3 heteroatoms. The van der Waals surface area contributed by atoms with Gasteiger partial charge < -0.3 is 4.57 Å². The highest BCUT2D eigenvalue weighted by Gasteiger charge is 2.14. The van der Waals surface area contributed by atoms with E-state index in [1.165, 1.54) is 54.7 Å². The third kappa shape index (κ3) is 3.04. The molecule has 0 saturated heterocycles. The Kier molecular flexibility index (Phi) is 4.29. The SMILES string of the molecule is c1ccc(-n2c3ccccc3c3cc(Cc4cn5c6ccccc6c6ccccc6c5n4)ccc32)cc1. The zero-order chi connectivity index (χ0) is 24.3. The lowest BCUT2D eigenvalue weighted by atomic mass is 10.1. The highest BCUT2D eigenvalue weighted by atomic mass is 15.0. The van der Waals surface area contributed by atoms with Crippen molar-refractivity contribution >= 4 is 49.1 Å². The van der Waals surface area contributed by atoms with E-state index in [-0.39, 0.29) is 0 Å². The zero-order valence-electron chi connectivity index (χ0n) is 20.2. The molecule has 0 spiro atoms. The van der Waals surface area contributed by atoms with Gasteiger partial charge >= 0.3 is 0 Å². The molecule has 37 heavy (non-hydrogen) atoms. The van der Waals surface area contributed by atoms with Crippen LogP contribution in [0.5, 0.6) is 0 Å². The van der Waals surface area contributed by atoms with Crippen molar-refractivity contribution in [2.45, 2.75) is 6.42 Å². The van der Waals surface area contributed by atoms with Crippen LogP contribution in [0.15, 0.2) is 128 Å². The molecule has 3 heterocycles. The van der Waals surface area contributed by atoms with Crippen LogP contribution in [-0.4, -0.2) is 14.0 Å². The molecule has 0 bridgehead atoms. The summed E-state index contributed by atoms with van der Waals surface area (Å²) in [6.07, 6.45) is 2.99. The number of rotatable bonds is 3. The second-order valence-corrected chi connectivity index (χ2v) is 9.70. The van der Waals surface area contributed by atoms with Gasteiger partial charge in [-0.05, 0) is 47.3 Å². The van der Waals surface area contributed by atoms with Crippen LogP contribution >= 0.6 is 0 Å². The van der Waals surface area contributed by atoms with E-state index in [1.54, 1.807) is 0 Å². The minimum atomic E-state index is 0.783. The molecule has 174 valence electrons. The first-order valence-electron chi connectivity index (χ1n) is 12.7. The van der Waals surface area contributed by atoms with E-state index in [4.69, 9.17) is 4.98 Å². The van der Waals surface area contributed by atoms with Crippen molar-refractivity contribution in [3.05, 3.63) is 139 Å². The summed E-state index contributed by atoms with van der Waals surface area (Å²) in [4.78, 5) is 5.14. The molecule has 8 rings (SSSR count). The Labute approximate surface area is 213 Å². The molecular weight excluding hydrogens is 450 g/mol. The minimum Gasteiger partial charge on any atom is -0.309 e. The van der Waals surface area contributed by atoms with E-state index < -0.39 is 0 Å². The second kappa shape index (κ2) is 7.81. The molecule has 0 aliphatic heterocycles. The first-order chi connectivity index (χ1) is 18.3. The molecule has 0 unspecified atom stereocenters. The number of pyridine rings is 1. The number of hydrogen-bond donors (Lipinski definition) is 0. The summed E-state index contributed by atoms with van der Waals surface area (Å²) in [6.45, 7) is 0. The largest absolute Gasteiger partial charge is 0.309 e. The predicted octanol–water partition coefficient (Wildman–Crippen LogP) is 8.33. The van der Waals surface area contributed by atoms with Crippen molar-refractivity contribution in [3.63, 3.8) is 0 Å². The van der Waals surface area contributed by atoms with Crippen molar-refractivity contribution in [1.82, 2.24) is 14.0 Å². The van der Waals surface area contributed by atoms with Gasteiger partial charge in [-0.25, -0.2) is 4.98 Å². The molecule has 0 amide bonds. The van der Waals surface area contributed by atoms with Gasteiger partial charge in [-0.3, -0.25) is 4.40 Å². The van der Waals surface area contributed by atoms with Crippen LogP contribution in [0.4, 0.5) is 0 Å². The topological polar surface area (TPSA) is 22.2 Å². The number of para-hydroxylation sites is 3. The molecule has 0 aliphatic carbocycles. The third-order valence-electron chi connectivity index (χ3n) is 7.51. The first-order valence-corrected chi connectivity index (χ1v) is 12.7. The standard InChI is InChI=1S/C34H23N3/c1-2-10-25(11-3-1)37-32-17-9-7-14-28(32)30-21-23(18-19-33(30)37)20-24-22-36-31-16-8-6-13-27(31)26-12-4-5-15-29(26)34(36)35-24/h1-19,21-22H,20H2. The lowest BCUT2D eigenvalue weighted by molar-refractivity contribution is 1.12. The van der Waals surface area contributed by atoms with Gasteiger partial charge in [-0.1, -0.05) is 84.9 Å². The lowest BCUT2D eigenvalue weighted by Gasteiger charge is -2.07. The average Bonchev–Trinajstić information content (AvgIpc) is 3.53. The molecular formula is C34H23N3. The number of imidazole rings is 1. The highest BCUT2D eigenvalue weighted by Crippen LogP contribution is 2.34. The van der Waals surface area contributed by atoms with Crippen LogP contribution in [0.1, 0.15) is 11.3 Å². The Morgan fingerprint density at radius 1 is 0.514 bits per heavy atom. The van der Waals surface area contributed by atoms with Gasteiger partial charge in [0.2, 0.25) is 0 Å². The molecule has 0 saturated carbocycles. The lowest BCUT2D eigenvalue weighted by Crippen LogP contribution is -1.93. The Balaban J connectivity index is 1.30. The molecule has 0 fully saturated rings. The van der Waals surface area contributed by atoms with Crippen LogP contribution in [0.25, 0.3) is 54.8 Å². The molecule has 3 aromatic heterocycles. The highest BCUT2D eigenvalue weighted by molar-refractivity contribution is 6.12. The summed E-state index contributed by atoms with van der Waals surface area (Å²) in [5.41, 5.74) is 8.19. The number of aromatic nitrogens is 3. The average molecular weight is 474 g/mol. The van der Waals surface area contributed by atoms with Gasteiger partial charge in [-0.15, -0.1) is 0 Å². The van der Waals surface area contributed by atoms with Crippen LogP contribution in [0.2, 0.25) is 0 Å². The van der Waals surface area contributed by atoms with Gasteiger partial charge in [0.1, 0.15) is 5.65 Å². The van der Waals surface area contributed by atoms with Crippen LogP contribution < -0.4 is 0 Å². The second-order valence-electron chi connectivity index (χ2n) is 9.70. The van der Waals surface area contributed by atoms with Crippen LogP contribution in [0, 0.1) is 0 Å². The molecule has 8 aromatic rings. The smallest absolute Gasteiger partial charge is 0.145 e. The monoisotopic (exact) mass is 473 g/mol. The summed E-state index contributed by atoms with van der Waals surface area (Å²) in [7, 11) is 0. The number of hydrogen-bond acceptors (Lipinski definition) is 1. The van der Waals surface area contributed by atoms with Crippen molar-refractivity contribution < 1.29 is 0 Å². The fourth-order valence-electron chi connectivity index (χ4n) is 5.91. The zero-order valence-corrected chi connectivity index (χ0v) is 20.2. The Bertz CT molecular complexity index is 2040. The molecule has 0 atom stereocenters. The fourth-order valence-corrected chi connectivity index (χ4v) is 5.91. The van der Waals surface area contributed by atoms with Crippen molar-refractivity contribution in [3.8, 4) is 5.69 Å². The summed E-state index contributed by atoms with van der Waals surface area (Å²) in [5, 5.41) is 6.24. The van der Waals surface area contributed by atoms with Crippen molar-refractivity contribution in [2.24, 2.45) is 0 Å². The van der Waals surface area contributed by atoms with E-state index in [0.29, 0.717) is 0 Å². The maximum atomic E-state index is 5.14. The Morgan fingerprint density at radius 3 is 1.95 bits per heavy atom. The maximum Gasteiger partial charge on any atom is 0.145 e. The maximum absolute atomic E-state index is 5.14. The van der Waals surface area contributed by atoms with E-state index >= 15 is 0 Å². The van der Waals surface area contributed by atoms with Crippen LogP contribution in [0.3, 0.4) is 0 Å². The molecule has 5 aromatic carbocycles.